The summed E-state index contributed by atoms with van der Waals surface area (Å²) in [6.45, 7) is 5.07. The maximum atomic E-state index is 12.9. The summed E-state index contributed by atoms with van der Waals surface area (Å²) < 4.78 is 38.4. The van der Waals surface area contributed by atoms with Crippen molar-refractivity contribution in [3.63, 3.8) is 0 Å². The monoisotopic (exact) mass is 430 g/mol. The van der Waals surface area contributed by atoms with Crippen LogP contribution in [0.2, 0.25) is 5.02 Å². The molecule has 1 amide bonds. The molecule has 4 heterocycles. The van der Waals surface area contributed by atoms with Gasteiger partial charge in [0.1, 0.15) is 5.82 Å². The minimum atomic E-state index is -4.46. The fourth-order valence-electron chi connectivity index (χ4n) is 4.76. The number of rotatable bonds is 3. The number of nitrogens with zero attached hydrogens (tertiary/aromatic N) is 4. The maximum Gasteiger partial charge on any atom is 0.417 e. The van der Waals surface area contributed by atoms with Gasteiger partial charge in [0.05, 0.1) is 10.6 Å². The zero-order valence-corrected chi connectivity index (χ0v) is 17.1. The van der Waals surface area contributed by atoms with Gasteiger partial charge < -0.3 is 9.80 Å². The molecule has 0 spiro atoms. The van der Waals surface area contributed by atoms with Crippen LogP contribution < -0.4 is 4.90 Å². The van der Waals surface area contributed by atoms with Gasteiger partial charge in [0.2, 0.25) is 5.91 Å². The highest BCUT2D eigenvalue weighted by molar-refractivity contribution is 6.33. The highest BCUT2D eigenvalue weighted by Gasteiger charge is 2.36. The number of aromatic nitrogens is 1. The van der Waals surface area contributed by atoms with Crippen LogP contribution in [-0.4, -0.2) is 66.0 Å². The zero-order valence-electron chi connectivity index (χ0n) is 16.3. The third-order valence-electron chi connectivity index (χ3n) is 6.42. The van der Waals surface area contributed by atoms with Crippen LogP contribution in [0.3, 0.4) is 0 Å². The summed E-state index contributed by atoms with van der Waals surface area (Å²) in [4.78, 5) is 23.3. The molecule has 1 aromatic heterocycles. The summed E-state index contributed by atoms with van der Waals surface area (Å²) in [6.07, 6.45) is 1.26. The van der Waals surface area contributed by atoms with Crippen molar-refractivity contribution < 1.29 is 18.0 Å². The molecule has 3 fully saturated rings. The van der Waals surface area contributed by atoms with Crippen molar-refractivity contribution >= 4 is 23.3 Å². The molecular weight excluding hydrogens is 405 g/mol. The van der Waals surface area contributed by atoms with Crippen molar-refractivity contribution in [3.8, 4) is 0 Å². The lowest BCUT2D eigenvalue weighted by Gasteiger charge is -2.34. The molecule has 4 rings (SSSR count). The van der Waals surface area contributed by atoms with E-state index in [1.807, 2.05) is 9.80 Å². The zero-order chi connectivity index (χ0) is 20.6. The van der Waals surface area contributed by atoms with E-state index in [1.165, 1.54) is 12.8 Å². The average Bonchev–Trinajstić information content (AvgIpc) is 3.38. The van der Waals surface area contributed by atoms with E-state index in [1.54, 1.807) is 0 Å². The van der Waals surface area contributed by atoms with Crippen molar-refractivity contribution in [2.24, 2.45) is 5.92 Å². The summed E-state index contributed by atoms with van der Waals surface area (Å²) in [5.74, 6) is 0.551. The third-order valence-corrected chi connectivity index (χ3v) is 6.70. The van der Waals surface area contributed by atoms with Crippen LogP contribution in [0.1, 0.15) is 37.7 Å². The molecule has 9 heteroatoms. The first kappa shape index (κ1) is 20.7. The standard InChI is InChI=1S/C20H26ClF3N4O/c21-17-11-15(20(22,23)24)12-25-18(17)27-8-3-14(4-9-27)19(29)28-10-5-16(13-28)26-6-1-2-7-26/h11-12,14,16H,1-10,13H2/t16-/m1/s1. The molecule has 0 aromatic carbocycles. The Morgan fingerprint density at radius 3 is 2.38 bits per heavy atom. The summed E-state index contributed by atoms with van der Waals surface area (Å²) in [5, 5.41) is -0.00222. The summed E-state index contributed by atoms with van der Waals surface area (Å²) in [5.41, 5.74) is -0.849. The normalized spacial score (nSPS) is 24.5. The fraction of sp³-hybridized carbons (Fsp3) is 0.700. The number of amides is 1. The molecule has 3 aliphatic heterocycles. The Labute approximate surface area is 173 Å². The smallest absolute Gasteiger partial charge is 0.355 e. The summed E-state index contributed by atoms with van der Waals surface area (Å²) in [7, 11) is 0. The van der Waals surface area contributed by atoms with Gasteiger partial charge in [-0.05, 0) is 51.3 Å². The minimum Gasteiger partial charge on any atom is -0.355 e. The second-order valence-corrected chi connectivity index (χ2v) is 8.67. The third kappa shape index (κ3) is 4.48. The van der Waals surface area contributed by atoms with Crippen LogP contribution in [0.15, 0.2) is 12.3 Å². The maximum absolute atomic E-state index is 12.9. The predicted molar refractivity (Wildman–Crippen MR) is 105 cm³/mol. The van der Waals surface area contributed by atoms with E-state index in [0.717, 1.165) is 44.9 Å². The lowest BCUT2D eigenvalue weighted by atomic mass is 9.95. The van der Waals surface area contributed by atoms with Crippen LogP contribution in [0.5, 0.6) is 0 Å². The lowest BCUT2D eigenvalue weighted by molar-refractivity contribution is -0.138. The molecule has 160 valence electrons. The summed E-state index contributed by atoms with van der Waals surface area (Å²) >= 11 is 6.07. The largest absolute Gasteiger partial charge is 0.417 e. The Balaban J connectivity index is 1.32. The van der Waals surface area contributed by atoms with Gasteiger partial charge in [0.15, 0.2) is 0 Å². The van der Waals surface area contributed by atoms with Crippen LogP contribution in [-0.2, 0) is 11.0 Å². The quantitative estimate of drug-likeness (QED) is 0.733. The number of halogens is 4. The van der Waals surface area contributed by atoms with Gasteiger partial charge in [0, 0.05) is 44.3 Å². The SMILES string of the molecule is O=C(C1CCN(c2ncc(C(F)(F)F)cc2Cl)CC1)N1CC[C@@H](N2CCCC2)C1. The predicted octanol–water partition coefficient (Wildman–Crippen LogP) is 3.67. The van der Waals surface area contributed by atoms with Crippen molar-refractivity contribution in [3.05, 3.63) is 22.8 Å². The first-order valence-electron chi connectivity index (χ1n) is 10.3. The Kier molecular flexibility index (Phi) is 5.93. The van der Waals surface area contributed by atoms with Gasteiger partial charge in [0.25, 0.3) is 0 Å². The van der Waals surface area contributed by atoms with Crippen molar-refractivity contribution in [1.82, 2.24) is 14.8 Å². The number of piperidine rings is 1. The highest BCUT2D eigenvalue weighted by Crippen LogP contribution is 2.35. The van der Waals surface area contributed by atoms with Crippen LogP contribution >= 0.6 is 11.6 Å². The van der Waals surface area contributed by atoms with Gasteiger partial charge in [-0.15, -0.1) is 0 Å². The molecule has 0 N–H and O–H groups in total. The summed E-state index contributed by atoms with van der Waals surface area (Å²) in [6, 6.07) is 1.42. The number of hydrogen-bond donors (Lipinski definition) is 0. The van der Waals surface area contributed by atoms with Crippen LogP contribution in [0, 0.1) is 5.92 Å². The molecule has 1 aromatic rings. The number of pyridine rings is 1. The Morgan fingerprint density at radius 1 is 1.07 bits per heavy atom. The molecule has 3 saturated heterocycles. The second-order valence-electron chi connectivity index (χ2n) is 8.26. The van der Waals surface area contributed by atoms with E-state index in [2.05, 4.69) is 9.88 Å². The number of carbonyl (C=O) groups excluding carboxylic acids is 1. The Hall–Kier alpha value is -1.54. The van der Waals surface area contributed by atoms with Crippen molar-refractivity contribution in [2.45, 2.75) is 44.3 Å². The van der Waals surface area contributed by atoms with Gasteiger partial charge in [-0.1, -0.05) is 11.6 Å². The molecule has 0 saturated carbocycles. The minimum absolute atomic E-state index is 0.00222. The molecule has 0 radical (unpaired) electrons. The molecule has 0 bridgehead atoms. The van der Waals surface area contributed by atoms with E-state index in [9.17, 15) is 18.0 Å². The fourth-order valence-corrected chi connectivity index (χ4v) is 5.05. The number of hydrogen-bond acceptors (Lipinski definition) is 4. The first-order valence-corrected chi connectivity index (χ1v) is 10.7. The topological polar surface area (TPSA) is 39.7 Å². The number of likely N-dealkylation sites (tertiary alicyclic amines) is 2. The van der Waals surface area contributed by atoms with E-state index in [4.69, 9.17) is 11.6 Å². The molecule has 0 aliphatic carbocycles. The highest BCUT2D eigenvalue weighted by atomic mass is 35.5. The van der Waals surface area contributed by atoms with Gasteiger partial charge in [-0.2, -0.15) is 13.2 Å². The van der Waals surface area contributed by atoms with E-state index < -0.39 is 11.7 Å². The van der Waals surface area contributed by atoms with Gasteiger partial charge >= 0.3 is 6.18 Å². The number of alkyl halides is 3. The van der Waals surface area contributed by atoms with E-state index in [-0.39, 0.29) is 16.8 Å². The van der Waals surface area contributed by atoms with E-state index >= 15 is 0 Å². The van der Waals surface area contributed by atoms with Gasteiger partial charge in [-0.3, -0.25) is 9.69 Å². The van der Waals surface area contributed by atoms with Crippen molar-refractivity contribution in [1.29, 1.82) is 0 Å². The molecular formula is C20H26ClF3N4O. The molecule has 3 aliphatic rings. The number of carbonyl (C=O) groups is 1. The van der Waals surface area contributed by atoms with Crippen LogP contribution in [0.4, 0.5) is 19.0 Å². The van der Waals surface area contributed by atoms with E-state index in [0.29, 0.717) is 37.8 Å². The van der Waals surface area contributed by atoms with Crippen LogP contribution in [0.25, 0.3) is 0 Å². The lowest BCUT2D eigenvalue weighted by Crippen LogP contribution is -2.43. The van der Waals surface area contributed by atoms with Crippen molar-refractivity contribution in [2.75, 3.05) is 44.2 Å². The first-order chi connectivity index (χ1) is 13.8. The number of anilines is 1. The molecule has 0 unspecified atom stereocenters. The second kappa shape index (κ2) is 8.30. The Bertz CT molecular complexity index is 746. The van der Waals surface area contributed by atoms with Gasteiger partial charge in [-0.25, -0.2) is 4.98 Å². The Morgan fingerprint density at radius 2 is 1.76 bits per heavy atom. The molecule has 5 nitrogen and oxygen atoms in total. The molecule has 1 atom stereocenters. The molecule has 29 heavy (non-hydrogen) atoms. The average molecular weight is 431 g/mol.